The summed E-state index contributed by atoms with van der Waals surface area (Å²) in [6, 6.07) is 8.97. The zero-order chi connectivity index (χ0) is 13.0. The van der Waals surface area contributed by atoms with E-state index in [-0.39, 0.29) is 5.56 Å². The number of furan rings is 1. The van der Waals surface area contributed by atoms with Crippen molar-refractivity contribution < 1.29 is 19.1 Å². The molecule has 2 N–H and O–H groups in total. The number of nitrogens with one attached hydrogen (secondary N) is 1. The summed E-state index contributed by atoms with van der Waals surface area (Å²) in [7, 11) is 1.59. The van der Waals surface area contributed by atoms with Crippen molar-refractivity contribution in [2.75, 3.05) is 12.4 Å². The lowest BCUT2D eigenvalue weighted by atomic mass is 10.2. The number of carbonyl (C=O) groups is 1. The molecule has 0 spiro atoms. The summed E-state index contributed by atoms with van der Waals surface area (Å²) in [6.45, 7) is 0.396. The monoisotopic (exact) mass is 247 g/mol. The predicted octanol–water partition coefficient (Wildman–Crippen LogP) is 2.60. The van der Waals surface area contributed by atoms with E-state index in [1.807, 2.05) is 24.3 Å². The number of para-hydroxylation sites is 2. The maximum Gasteiger partial charge on any atom is 0.338 e. The maximum absolute atomic E-state index is 10.7. The Bertz CT molecular complexity index is 547. The van der Waals surface area contributed by atoms with Crippen molar-refractivity contribution in [3.05, 3.63) is 47.9 Å². The largest absolute Gasteiger partial charge is 0.495 e. The molecule has 1 aromatic carbocycles. The van der Waals surface area contributed by atoms with Gasteiger partial charge in [-0.25, -0.2) is 4.79 Å². The van der Waals surface area contributed by atoms with Crippen molar-refractivity contribution >= 4 is 11.7 Å². The summed E-state index contributed by atoms with van der Waals surface area (Å²) in [5, 5.41) is 11.9. The molecule has 5 heteroatoms. The fraction of sp³-hybridized carbons (Fsp3) is 0.154. The van der Waals surface area contributed by atoms with Crippen LogP contribution >= 0.6 is 0 Å². The number of hydrogen-bond acceptors (Lipinski definition) is 4. The fourth-order valence-corrected chi connectivity index (χ4v) is 1.56. The molecule has 1 aromatic heterocycles. The van der Waals surface area contributed by atoms with Crippen LogP contribution in [0, 0.1) is 0 Å². The smallest absolute Gasteiger partial charge is 0.338 e. The fourth-order valence-electron chi connectivity index (χ4n) is 1.56. The SMILES string of the molecule is COc1ccccc1NCc1cc(C(=O)O)co1. The van der Waals surface area contributed by atoms with E-state index in [0.29, 0.717) is 12.3 Å². The standard InChI is InChI=1S/C13H13NO4/c1-17-12-5-3-2-4-11(12)14-7-10-6-9(8-18-10)13(15)16/h2-6,8,14H,7H2,1H3,(H,15,16). The van der Waals surface area contributed by atoms with Crippen LogP contribution in [0.15, 0.2) is 41.0 Å². The number of ether oxygens (including phenoxy) is 1. The summed E-state index contributed by atoms with van der Waals surface area (Å²) in [5.41, 5.74) is 0.972. The van der Waals surface area contributed by atoms with Gasteiger partial charge >= 0.3 is 5.97 Å². The van der Waals surface area contributed by atoms with Gasteiger partial charge in [0.25, 0.3) is 0 Å². The van der Waals surface area contributed by atoms with Crippen LogP contribution in [-0.2, 0) is 6.54 Å². The minimum Gasteiger partial charge on any atom is -0.495 e. The molecule has 18 heavy (non-hydrogen) atoms. The molecule has 2 rings (SSSR count). The number of aromatic carboxylic acids is 1. The van der Waals surface area contributed by atoms with E-state index in [1.54, 1.807) is 7.11 Å². The second-order valence-electron chi connectivity index (χ2n) is 3.66. The number of hydrogen-bond donors (Lipinski definition) is 2. The highest BCUT2D eigenvalue weighted by Crippen LogP contribution is 2.23. The van der Waals surface area contributed by atoms with Crippen LogP contribution in [0.5, 0.6) is 5.75 Å². The van der Waals surface area contributed by atoms with E-state index in [4.69, 9.17) is 14.3 Å². The molecule has 0 radical (unpaired) electrons. The van der Waals surface area contributed by atoms with Crippen LogP contribution in [-0.4, -0.2) is 18.2 Å². The van der Waals surface area contributed by atoms with Gasteiger partial charge in [-0.05, 0) is 18.2 Å². The first-order valence-electron chi connectivity index (χ1n) is 5.38. The van der Waals surface area contributed by atoms with Crippen LogP contribution in [0.25, 0.3) is 0 Å². The second-order valence-corrected chi connectivity index (χ2v) is 3.66. The predicted molar refractivity (Wildman–Crippen MR) is 66.0 cm³/mol. The number of rotatable bonds is 5. The number of carboxylic acid groups (broad SMARTS) is 1. The number of methoxy groups -OCH3 is 1. The molecule has 0 aliphatic carbocycles. The van der Waals surface area contributed by atoms with Gasteiger partial charge in [-0.15, -0.1) is 0 Å². The Morgan fingerprint density at radius 2 is 2.22 bits per heavy atom. The van der Waals surface area contributed by atoms with Crippen LogP contribution < -0.4 is 10.1 Å². The molecule has 0 aliphatic rings. The molecule has 0 unspecified atom stereocenters. The van der Waals surface area contributed by atoms with E-state index in [9.17, 15) is 4.79 Å². The third-order valence-corrected chi connectivity index (χ3v) is 2.46. The molecule has 0 bridgehead atoms. The van der Waals surface area contributed by atoms with E-state index >= 15 is 0 Å². The number of anilines is 1. The molecular formula is C13H13NO4. The normalized spacial score (nSPS) is 10.1. The van der Waals surface area contributed by atoms with E-state index in [0.717, 1.165) is 11.4 Å². The van der Waals surface area contributed by atoms with Crippen LogP contribution in [0.4, 0.5) is 5.69 Å². The first-order valence-corrected chi connectivity index (χ1v) is 5.38. The molecule has 0 amide bonds. The molecule has 0 saturated carbocycles. The highest BCUT2D eigenvalue weighted by molar-refractivity contribution is 5.87. The Kier molecular flexibility index (Phi) is 3.52. The third kappa shape index (κ3) is 2.63. The summed E-state index contributed by atoms with van der Waals surface area (Å²) >= 11 is 0. The van der Waals surface area contributed by atoms with Gasteiger partial charge in [0, 0.05) is 0 Å². The van der Waals surface area contributed by atoms with Crippen molar-refractivity contribution in [3.63, 3.8) is 0 Å². The van der Waals surface area contributed by atoms with Crippen molar-refractivity contribution in [3.8, 4) is 5.75 Å². The van der Waals surface area contributed by atoms with Gasteiger partial charge in [-0.1, -0.05) is 12.1 Å². The molecule has 1 heterocycles. The number of carboxylic acids is 1. The lowest BCUT2D eigenvalue weighted by Crippen LogP contribution is -2.00. The molecule has 0 fully saturated rings. The Morgan fingerprint density at radius 3 is 2.89 bits per heavy atom. The average Bonchev–Trinajstić information content (AvgIpc) is 2.85. The average molecular weight is 247 g/mol. The van der Waals surface area contributed by atoms with Gasteiger partial charge in [0.1, 0.15) is 17.8 Å². The van der Waals surface area contributed by atoms with Gasteiger partial charge in [0.2, 0.25) is 0 Å². The van der Waals surface area contributed by atoms with Crippen molar-refractivity contribution in [1.29, 1.82) is 0 Å². The van der Waals surface area contributed by atoms with Gasteiger partial charge in [-0.2, -0.15) is 0 Å². The van der Waals surface area contributed by atoms with Crippen molar-refractivity contribution in [2.24, 2.45) is 0 Å². The van der Waals surface area contributed by atoms with Gasteiger partial charge in [-0.3, -0.25) is 0 Å². The molecule has 0 saturated heterocycles. The molecule has 2 aromatic rings. The Hall–Kier alpha value is -2.43. The molecular weight excluding hydrogens is 234 g/mol. The van der Waals surface area contributed by atoms with E-state index in [1.165, 1.54) is 12.3 Å². The van der Waals surface area contributed by atoms with Gasteiger partial charge in [0.15, 0.2) is 0 Å². The summed E-state index contributed by atoms with van der Waals surface area (Å²) in [6.07, 6.45) is 1.22. The van der Waals surface area contributed by atoms with Crippen LogP contribution in [0.1, 0.15) is 16.1 Å². The van der Waals surface area contributed by atoms with E-state index in [2.05, 4.69) is 5.32 Å². The number of benzene rings is 1. The maximum atomic E-state index is 10.7. The Labute approximate surface area is 104 Å². The van der Waals surface area contributed by atoms with Crippen LogP contribution in [0.3, 0.4) is 0 Å². The first kappa shape index (κ1) is 12.0. The topological polar surface area (TPSA) is 71.7 Å². The Morgan fingerprint density at radius 1 is 1.44 bits per heavy atom. The molecule has 0 atom stereocenters. The summed E-state index contributed by atoms with van der Waals surface area (Å²) in [4.78, 5) is 10.7. The summed E-state index contributed by atoms with van der Waals surface area (Å²) in [5.74, 6) is 0.281. The first-order chi connectivity index (χ1) is 8.70. The van der Waals surface area contributed by atoms with Gasteiger partial charge < -0.3 is 19.6 Å². The van der Waals surface area contributed by atoms with E-state index < -0.39 is 5.97 Å². The Balaban J connectivity index is 2.04. The second kappa shape index (κ2) is 5.27. The van der Waals surface area contributed by atoms with Crippen molar-refractivity contribution in [1.82, 2.24) is 0 Å². The molecule has 5 nitrogen and oxygen atoms in total. The van der Waals surface area contributed by atoms with Crippen LogP contribution in [0.2, 0.25) is 0 Å². The lowest BCUT2D eigenvalue weighted by Gasteiger charge is -2.09. The quantitative estimate of drug-likeness (QED) is 0.849. The molecule has 0 aliphatic heterocycles. The highest BCUT2D eigenvalue weighted by atomic mass is 16.5. The van der Waals surface area contributed by atoms with Gasteiger partial charge in [0.05, 0.1) is 24.9 Å². The third-order valence-electron chi connectivity index (χ3n) is 2.46. The minimum atomic E-state index is -0.998. The molecule has 94 valence electrons. The lowest BCUT2D eigenvalue weighted by molar-refractivity contribution is 0.0696. The zero-order valence-electron chi connectivity index (χ0n) is 9.84. The zero-order valence-corrected chi connectivity index (χ0v) is 9.84. The van der Waals surface area contributed by atoms with Crippen molar-refractivity contribution in [2.45, 2.75) is 6.54 Å². The minimum absolute atomic E-state index is 0.145. The highest BCUT2D eigenvalue weighted by Gasteiger charge is 2.08. The summed E-state index contributed by atoms with van der Waals surface area (Å²) < 4.78 is 10.3.